The summed E-state index contributed by atoms with van der Waals surface area (Å²) >= 11 is 0. The lowest BCUT2D eigenvalue weighted by atomic mass is 9.67. The van der Waals surface area contributed by atoms with E-state index >= 15 is 0 Å². The number of hydrogen-bond donors (Lipinski definition) is 0. The van der Waals surface area contributed by atoms with E-state index in [9.17, 15) is 0 Å². The summed E-state index contributed by atoms with van der Waals surface area (Å²) in [4.78, 5) is 0. The first-order chi connectivity index (χ1) is 21.5. The maximum absolute atomic E-state index is 6.58. The van der Waals surface area contributed by atoms with E-state index in [-0.39, 0.29) is 43.1 Å². The van der Waals surface area contributed by atoms with Crippen molar-refractivity contribution in [2.24, 2.45) is 0 Å². The molecule has 0 radical (unpaired) electrons. The van der Waals surface area contributed by atoms with E-state index in [1.165, 1.54) is 112 Å². The Hall–Kier alpha value is -1.59. The molecule has 0 N–H and O–H groups in total. The smallest absolute Gasteiger partial charge is 0.402 e. The van der Waals surface area contributed by atoms with E-state index in [0.29, 0.717) is 0 Å². The molecule has 5 rings (SSSR count). The molecule has 0 amide bonds. The van der Waals surface area contributed by atoms with Gasteiger partial charge in [0.2, 0.25) is 0 Å². The fourth-order valence-electron chi connectivity index (χ4n) is 7.68. The van der Waals surface area contributed by atoms with E-state index in [4.69, 9.17) is 18.6 Å². The zero-order valence-electron chi connectivity index (χ0n) is 29.8. The fraction of sp³-hybridized carbons (Fsp3) is 0.692. The zero-order valence-corrected chi connectivity index (χ0v) is 29.8. The molecule has 0 spiro atoms. The van der Waals surface area contributed by atoms with Gasteiger partial charge < -0.3 is 18.6 Å². The van der Waals surface area contributed by atoms with Gasteiger partial charge in [0.25, 0.3) is 0 Å². The standard InChI is InChI=1S/C39H60B2O4/c1-9-11-13-15-17-19-25-39(26-20-18-16-14-12-10-2)35-27-31(40-42-29(3)30(4)43-40)21-23-33(35)34-24-22-32(28-36(34)39)41-44-37(5,6)38(7,8)45-41/h21-24,27-30H,9-20,25-26H2,1-8H3. The van der Waals surface area contributed by atoms with Crippen LogP contribution in [0.2, 0.25) is 0 Å². The molecule has 2 fully saturated rings. The second-order valence-corrected chi connectivity index (χ2v) is 15.3. The van der Waals surface area contributed by atoms with Crippen molar-refractivity contribution in [3.63, 3.8) is 0 Å². The van der Waals surface area contributed by atoms with Crippen LogP contribution >= 0.6 is 0 Å². The molecular formula is C39H60B2O4. The maximum Gasteiger partial charge on any atom is 0.494 e. The van der Waals surface area contributed by atoms with Crippen LogP contribution in [0.15, 0.2) is 36.4 Å². The fourth-order valence-corrected chi connectivity index (χ4v) is 7.68. The van der Waals surface area contributed by atoms with Crippen LogP contribution in [-0.2, 0) is 24.0 Å². The Morgan fingerprint density at radius 1 is 0.556 bits per heavy atom. The Balaban J connectivity index is 1.53. The molecule has 2 saturated heterocycles. The Morgan fingerprint density at radius 3 is 1.40 bits per heavy atom. The van der Waals surface area contributed by atoms with E-state index in [1.54, 1.807) is 0 Å². The molecule has 2 atom stereocenters. The third kappa shape index (κ3) is 7.30. The predicted molar refractivity (Wildman–Crippen MR) is 191 cm³/mol. The molecule has 0 aromatic heterocycles. The maximum atomic E-state index is 6.58. The van der Waals surface area contributed by atoms with Gasteiger partial charge in [-0.1, -0.05) is 127 Å². The summed E-state index contributed by atoms with van der Waals surface area (Å²) < 4.78 is 25.8. The first kappa shape index (κ1) is 34.7. The molecule has 0 saturated carbocycles. The monoisotopic (exact) mass is 614 g/mol. The Bertz CT molecular complexity index is 1230. The van der Waals surface area contributed by atoms with E-state index < -0.39 is 0 Å². The van der Waals surface area contributed by atoms with Crippen molar-refractivity contribution in [1.82, 2.24) is 0 Å². The molecule has 1 aliphatic carbocycles. The Morgan fingerprint density at radius 2 is 0.956 bits per heavy atom. The van der Waals surface area contributed by atoms with Crippen molar-refractivity contribution in [3.05, 3.63) is 47.5 Å². The number of unbranched alkanes of at least 4 members (excludes halogenated alkanes) is 10. The summed E-state index contributed by atoms with van der Waals surface area (Å²) in [5, 5.41) is 0. The van der Waals surface area contributed by atoms with Gasteiger partial charge >= 0.3 is 14.2 Å². The van der Waals surface area contributed by atoms with Crippen molar-refractivity contribution in [1.29, 1.82) is 0 Å². The molecule has 6 heteroatoms. The van der Waals surface area contributed by atoms with Crippen molar-refractivity contribution >= 4 is 25.2 Å². The number of rotatable bonds is 16. The van der Waals surface area contributed by atoms with Crippen molar-refractivity contribution in [3.8, 4) is 11.1 Å². The van der Waals surface area contributed by atoms with Gasteiger partial charge in [0, 0.05) is 5.41 Å². The molecule has 2 aliphatic heterocycles. The highest BCUT2D eigenvalue weighted by molar-refractivity contribution is 6.62. The lowest BCUT2D eigenvalue weighted by molar-refractivity contribution is 0.00578. The van der Waals surface area contributed by atoms with Crippen LogP contribution in [0, 0.1) is 0 Å². The van der Waals surface area contributed by atoms with Crippen LogP contribution < -0.4 is 10.9 Å². The van der Waals surface area contributed by atoms with Crippen LogP contribution in [-0.4, -0.2) is 37.6 Å². The van der Waals surface area contributed by atoms with Gasteiger partial charge in [0.1, 0.15) is 0 Å². The van der Waals surface area contributed by atoms with Gasteiger partial charge in [-0.2, -0.15) is 0 Å². The molecule has 246 valence electrons. The van der Waals surface area contributed by atoms with Crippen molar-refractivity contribution in [2.45, 2.75) is 174 Å². The van der Waals surface area contributed by atoms with Crippen LogP contribution in [0.4, 0.5) is 0 Å². The predicted octanol–water partition coefficient (Wildman–Crippen LogP) is 9.27. The summed E-state index contributed by atoms with van der Waals surface area (Å²) in [6, 6.07) is 14.1. The average Bonchev–Trinajstić information content (AvgIpc) is 3.57. The van der Waals surface area contributed by atoms with Gasteiger partial charge in [0.05, 0.1) is 23.4 Å². The summed E-state index contributed by atoms with van der Waals surface area (Å²) in [5.41, 5.74) is 7.23. The molecule has 4 nitrogen and oxygen atoms in total. The molecule has 2 unspecified atom stereocenters. The minimum atomic E-state index is -0.363. The summed E-state index contributed by atoms with van der Waals surface area (Å²) in [7, 11) is -0.659. The lowest BCUT2D eigenvalue weighted by Crippen LogP contribution is -2.41. The quantitative estimate of drug-likeness (QED) is 0.140. The van der Waals surface area contributed by atoms with Crippen molar-refractivity contribution < 1.29 is 18.6 Å². The number of hydrogen-bond acceptors (Lipinski definition) is 4. The van der Waals surface area contributed by atoms with E-state index in [1.807, 2.05) is 0 Å². The SMILES string of the molecule is CCCCCCCCC1(CCCCCCCC)c2cc(B3OC(C)C(C)O3)ccc2-c2ccc(B3OC(C)(C)C(C)(C)O3)cc21. The largest absolute Gasteiger partial charge is 0.494 e. The summed E-state index contributed by atoms with van der Waals surface area (Å²) in [5.74, 6) is 0. The first-order valence-corrected chi connectivity index (χ1v) is 18.5. The van der Waals surface area contributed by atoms with Gasteiger partial charge in [-0.15, -0.1) is 0 Å². The average molecular weight is 615 g/mol. The minimum absolute atomic E-state index is 0.0360. The van der Waals surface area contributed by atoms with Crippen LogP contribution in [0.5, 0.6) is 0 Å². The zero-order chi connectivity index (χ0) is 32.2. The Labute approximate surface area is 276 Å². The highest BCUT2D eigenvalue weighted by Gasteiger charge is 2.52. The van der Waals surface area contributed by atoms with Gasteiger partial charge in [-0.25, -0.2) is 0 Å². The lowest BCUT2D eigenvalue weighted by Gasteiger charge is -2.33. The normalized spacial score (nSPS) is 22.7. The minimum Gasteiger partial charge on any atom is -0.402 e. The number of benzene rings is 2. The molecule has 3 aliphatic rings. The highest BCUT2D eigenvalue weighted by atomic mass is 16.7. The second kappa shape index (κ2) is 14.7. The van der Waals surface area contributed by atoms with Crippen LogP contribution in [0.1, 0.15) is 156 Å². The van der Waals surface area contributed by atoms with Gasteiger partial charge in [-0.05, 0) is 87.6 Å². The molecule has 45 heavy (non-hydrogen) atoms. The van der Waals surface area contributed by atoms with E-state index in [2.05, 4.69) is 91.8 Å². The summed E-state index contributed by atoms with van der Waals surface area (Å²) in [6.45, 7) is 17.4. The molecule has 2 aromatic rings. The van der Waals surface area contributed by atoms with Crippen molar-refractivity contribution in [2.75, 3.05) is 0 Å². The molecule has 2 aromatic carbocycles. The topological polar surface area (TPSA) is 36.9 Å². The Kier molecular flexibility index (Phi) is 11.3. The van der Waals surface area contributed by atoms with Crippen LogP contribution in [0.25, 0.3) is 11.1 Å². The molecule has 2 heterocycles. The van der Waals surface area contributed by atoms with Crippen LogP contribution in [0.3, 0.4) is 0 Å². The van der Waals surface area contributed by atoms with Gasteiger partial charge in [-0.3, -0.25) is 0 Å². The first-order valence-electron chi connectivity index (χ1n) is 18.5. The molecule has 0 bridgehead atoms. The van der Waals surface area contributed by atoms with E-state index in [0.717, 1.165) is 10.9 Å². The second-order valence-electron chi connectivity index (χ2n) is 15.3. The highest BCUT2D eigenvalue weighted by Crippen LogP contribution is 2.54. The third-order valence-corrected chi connectivity index (χ3v) is 11.5. The summed E-state index contributed by atoms with van der Waals surface area (Å²) in [6.07, 6.45) is 18.2. The third-order valence-electron chi connectivity index (χ3n) is 11.5. The molecular weight excluding hydrogens is 554 g/mol. The van der Waals surface area contributed by atoms with Gasteiger partial charge in [0.15, 0.2) is 0 Å². The number of fused-ring (bicyclic) bond motifs is 3.